The van der Waals surface area contributed by atoms with Crippen LogP contribution in [0.1, 0.15) is 0 Å². The lowest BCUT2D eigenvalue weighted by Gasteiger charge is -2.07. The van der Waals surface area contributed by atoms with E-state index in [1.54, 1.807) is 18.2 Å². The Morgan fingerprint density at radius 1 is 1.05 bits per heavy atom. The minimum absolute atomic E-state index is 0.0827. The molecule has 0 unspecified atom stereocenters. The summed E-state index contributed by atoms with van der Waals surface area (Å²) >= 11 is 0. The molecule has 6 heteroatoms. The molecule has 3 rings (SSSR count). The largest absolute Gasteiger partial charge is 0.432 e. The number of nitrogens with one attached hydrogen (secondary N) is 1. The normalized spacial score (nSPS) is 11.2. The van der Waals surface area contributed by atoms with Gasteiger partial charge in [-0.15, -0.1) is 0 Å². The van der Waals surface area contributed by atoms with Crippen LogP contribution >= 0.6 is 0 Å². The fourth-order valence-electron chi connectivity index (χ4n) is 1.96. The highest BCUT2D eigenvalue weighted by molar-refractivity contribution is 5.79. The molecule has 0 atom stereocenters. The van der Waals surface area contributed by atoms with Gasteiger partial charge in [0.25, 0.3) is 0 Å². The first-order chi connectivity index (χ1) is 9.65. The minimum Gasteiger partial charge on any atom is -0.432 e. The van der Waals surface area contributed by atoms with Crippen molar-refractivity contribution in [2.75, 3.05) is 0 Å². The van der Waals surface area contributed by atoms with Gasteiger partial charge in [0, 0.05) is 0 Å². The lowest BCUT2D eigenvalue weighted by molar-refractivity contribution is -0.0521. The van der Waals surface area contributed by atoms with Gasteiger partial charge in [0.2, 0.25) is 0 Å². The highest BCUT2D eigenvalue weighted by Gasteiger charge is 2.16. The third-order valence-corrected chi connectivity index (χ3v) is 2.82. The van der Waals surface area contributed by atoms with Gasteiger partial charge in [0.15, 0.2) is 11.6 Å². The molecule has 0 radical (unpaired) electrons. The molecule has 1 N–H and O–H groups in total. The van der Waals surface area contributed by atoms with Crippen molar-refractivity contribution in [1.29, 1.82) is 0 Å². The van der Waals surface area contributed by atoms with Crippen LogP contribution in [0, 0.1) is 5.82 Å². The molecule has 0 saturated heterocycles. The van der Waals surface area contributed by atoms with Gasteiger partial charge in [0.1, 0.15) is 5.82 Å². The van der Waals surface area contributed by atoms with Gasteiger partial charge >= 0.3 is 6.61 Å². The number of H-pyrrole nitrogens is 1. The van der Waals surface area contributed by atoms with Gasteiger partial charge in [-0.1, -0.05) is 18.2 Å². The highest BCUT2D eigenvalue weighted by atomic mass is 19.3. The summed E-state index contributed by atoms with van der Waals surface area (Å²) in [5.74, 6) is -1.10. The molecule has 0 bridgehead atoms. The summed E-state index contributed by atoms with van der Waals surface area (Å²) in [4.78, 5) is 7.16. The van der Waals surface area contributed by atoms with Crippen LogP contribution in [0.25, 0.3) is 22.4 Å². The zero-order chi connectivity index (χ0) is 14.1. The number of nitrogens with zero attached hydrogens (tertiary/aromatic N) is 1. The molecule has 0 aliphatic carbocycles. The van der Waals surface area contributed by atoms with Crippen LogP contribution in [0.3, 0.4) is 0 Å². The molecule has 0 saturated carbocycles. The van der Waals surface area contributed by atoms with E-state index >= 15 is 0 Å². The first-order valence-corrected chi connectivity index (χ1v) is 5.83. The molecule has 0 aliphatic heterocycles. The Bertz CT molecular complexity index is 722. The van der Waals surface area contributed by atoms with E-state index < -0.39 is 18.2 Å². The summed E-state index contributed by atoms with van der Waals surface area (Å²) in [5, 5.41) is 0. The summed E-state index contributed by atoms with van der Waals surface area (Å²) in [6.07, 6.45) is 0. The van der Waals surface area contributed by atoms with Gasteiger partial charge in [-0.2, -0.15) is 8.78 Å². The molecule has 3 nitrogen and oxygen atoms in total. The summed E-state index contributed by atoms with van der Waals surface area (Å²) in [7, 11) is 0. The third kappa shape index (κ3) is 2.20. The van der Waals surface area contributed by atoms with Crippen LogP contribution < -0.4 is 4.74 Å². The van der Waals surface area contributed by atoms with E-state index in [0.29, 0.717) is 5.52 Å². The standard InChI is InChI=1S/C14H9F3N2O/c15-12-8(4-3-7-11(12)20-14(16)17)13-18-9-5-1-2-6-10(9)19-13/h1-7,14H,(H,18,19). The molecule has 102 valence electrons. The zero-order valence-corrected chi connectivity index (χ0v) is 10.1. The monoisotopic (exact) mass is 278 g/mol. The first-order valence-electron chi connectivity index (χ1n) is 5.83. The average Bonchev–Trinajstić information content (AvgIpc) is 2.84. The predicted molar refractivity (Wildman–Crippen MR) is 68.1 cm³/mol. The number of rotatable bonds is 3. The lowest BCUT2D eigenvalue weighted by atomic mass is 10.2. The number of hydrogen-bond acceptors (Lipinski definition) is 2. The van der Waals surface area contributed by atoms with E-state index in [4.69, 9.17) is 0 Å². The number of aromatic nitrogens is 2. The SMILES string of the molecule is Fc1c(OC(F)F)cccc1-c1nc2ccccc2[nH]1. The summed E-state index contributed by atoms with van der Waals surface area (Å²) in [6, 6.07) is 11.2. The average molecular weight is 278 g/mol. The zero-order valence-electron chi connectivity index (χ0n) is 10.1. The molecule has 0 amide bonds. The Kier molecular flexibility index (Phi) is 3.06. The molecule has 2 aromatic carbocycles. The van der Waals surface area contributed by atoms with Crippen molar-refractivity contribution in [3.05, 3.63) is 48.3 Å². The number of benzene rings is 2. The van der Waals surface area contributed by atoms with Crippen LogP contribution in [0.4, 0.5) is 13.2 Å². The summed E-state index contributed by atoms with van der Waals surface area (Å²) in [5.41, 5.74) is 1.49. The van der Waals surface area contributed by atoms with Crippen LogP contribution in [-0.4, -0.2) is 16.6 Å². The van der Waals surface area contributed by atoms with E-state index in [2.05, 4.69) is 14.7 Å². The van der Waals surface area contributed by atoms with E-state index in [9.17, 15) is 13.2 Å². The van der Waals surface area contributed by atoms with Crippen LogP contribution in [-0.2, 0) is 0 Å². The van der Waals surface area contributed by atoms with Crippen LogP contribution in [0.5, 0.6) is 5.75 Å². The maximum atomic E-state index is 14.1. The molecule has 3 aromatic rings. The second-order valence-electron chi connectivity index (χ2n) is 4.10. The summed E-state index contributed by atoms with van der Waals surface area (Å²) in [6.45, 7) is -3.07. The van der Waals surface area contributed by atoms with Gasteiger partial charge in [0.05, 0.1) is 16.6 Å². The molecule has 0 fully saturated rings. The number of alkyl halides is 2. The fourth-order valence-corrected chi connectivity index (χ4v) is 1.96. The number of halogens is 3. The number of ether oxygens (including phenoxy) is 1. The number of para-hydroxylation sites is 2. The molecule has 0 aliphatic rings. The molecule has 0 spiro atoms. The Hall–Kier alpha value is -2.50. The first kappa shape index (κ1) is 12.5. The minimum atomic E-state index is -3.07. The Morgan fingerprint density at radius 3 is 2.60 bits per heavy atom. The van der Waals surface area contributed by atoms with Crippen molar-refractivity contribution in [2.45, 2.75) is 6.61 Å². The third-order valence-electron chi connectivity index (χ3n) is 2.82. The number of fused-ring (bicyclic) bond motifs is 1. The van der Waals surface area contributed by atoms with Crippen molar-refractivity contribution >= 4 is 11.0 Å². The maximum absolute atomic E-state index is 14.1. The van der Waals surface area contributed by atoms with E-state index in [1.807, 2.05) is 6.07 Å². The fraction of sp³-hybridized carbons (Fsp3) is 0.0714. The maximum Gasteiger partial charge on any atom is 0.387 e. The number of imidazole rings is 1. The molecular formula is C14H9F3N2O. The highest BCUT2D eigenvalue weighted by Crippen LogP contribution is 2.29. The molecule has 1 heterocycles. The number of hydrogen-bond donors (Lipinski definition) is 1. The van der Waals surface area contributed by atoms with Crippen molar-refractivity contribution in [3.8, 4) is 17.1 Å². The van der Waals surface area contributed by atoms with E-state index in [-0.39, 0.29) is 11.4 Å². The van der Waals surface area contributed by atoms with Gasteiger partial charge < -0.3 is 9.72 Å². The Morgan fingerprint density at radius 2 is 1.85 bits per heavy atom. The van der Waals surface area contributed by atoms with Gasteiger partial charge in [-0.25, -0.2) is 9.37 Å². The van der Waals surface area contributed by atoms with Gasteiger partial charge in [-0.3, -0.25) is 0 Å². The molecular weight excluding hydrogens is 269 g/mol. The molecule has 20 heavy (non-hydrogen) atoms. The Balaban J connectivity index is 2.09. The second-order valence-corrected chi connectivity index (χ2v) is 4.10. The smallest absolute Gasteiger partial charge is 0.387 e. The van der Waals surface area contributed by atoms with E-state index in [0.717, 1.165) is 11.6 Å². The van der Waals surface area contributed by atoms with Crippen LogP contribution in [0.2, 0.25) is 0 Å². The number of aromatic amines is 1. The quantitative estimate of drug-likeness (QED) is 0.787. The molecule has 1 aromatic heterocycles. The lowest BCUT2D eigenvalue weighted by Crippen LogP contribution is -2.04. The van der Waals surface area contributed by atoms with Crippen molar-refractivity contribution in [1.82, 2.24) is 9.97 Å². The van der Waals surface area contributed by atoms with Crippen molar-refractivity contribution in [3.63, 3.8) is 0 Å². The van der Waals surface area contributed by atoms with Crippen molar-refractivity contribution in [2.24, 2.45) is 0 Å². The second kappa shape index (κ2) is 4.88. The van der Waals surface area contributed by atoms with Crippen LogP contribution in [0.15, 0.2) is 42.5 Å². The predicted octanol–water partition coefficient (Wildman–Crippen LogP) is 3.97. The summed E-state index contributed by atoms with van der Waals surface area (Å²) < 4.78 is 42.6. The Labute approximate surface area is 112 Å². The van der Waals surface area contributed by atoms with E-state index in [1.165, 1.54) is 12.1 Å². The van der Waals surface area contributed by atoms with Crippen molar-refractivity contribution < 1.29 is 17.9 Å². The van der Waals surface area contributed by atoms with Gasteiger partial charge in [-0.05, 0) is 24.3 Å². The topological polar surface area (TPSA) is 37.9 Å².